The Morgan fingerprint density at radius 2 is 1.68 bits per heavy atom. The quantitative estimate of drug-likeness (QED) is 0.551. The van der Waals surface area contributed by atoms with E-state index >= 15 is 0 Å². The Morgan fingerprint density at radius 3 is 2.42 bits per heavy atom. The minimum Gasteiger partial charge on any atom is -0.376 e. The summed E-state index contributed by atoms with van der Waals surface area (Å²) in [7, 11) is 1.79. The number of anilines is 2. The highest BCUT2D eigenvalue weighted by Crippen LogP contribution is 2.21. The molecule has 0 aliphatic heterocycles. The Balaban J connectivity index is 1.60. The van der Waals surface area contributed by atoms with Gasteiger partial charge in [0.15, 0.2) is 0 Å². The van der Waals surface area contributed by atoms with Crippen LogP contribution in [0.4, 0.5) is 11.4 Å². The van der Waals surface area contributed by atoms with Gasteiger partial charge in [-0.1, -0.05) is 61.5 Å². The number of para-hydroxylation sites is 1. The molecule has 0 aromatic heterocycles. The second-order valence-electron chi connectivity index (χ2n) is 7.59. The zero-order chi connectivity index (χ0) is 22.2. The van der Waals surface area contributed by atoms with Gasteiger partial charge in [0.25, 0.3) is 5.91 Å². The van der Waals surface area contributed by atoms with Crippen molar-refractivity contribution in [2.24, 2.45) is 0 Å². The largest absolute Gasteiger partial charge is 0.376 e. The van der Waals surface area contributed by atoms with E-state index in [9.17, 15) is 9.59 Å². The van der Waals surface area contributed by atoms with Crippen molar-refractivity contribution in [2.45, 2.75) is 26.8 Å². The van der Waals surface area contributed by atoms with Crippen molar-refractivity contribution in [1.82, 2.24) is 4.90 Å². The summed E-state index contributed by atoms with van der Waals surface area (Å²) in [6.45, 7) is 4.72. The van der Waals surface area contributed by atoms with Gasteiger partial charge in [0.05, 0.1) is 6.54 Å². The van der Waals surface area contributed by atoms with Crippen LogP contribution in [0.1, 0.15) is 34.0 Å². The van der Waals surface area contributed by atoms with Gasteiger partial charge in [0.1, 0.15) is 0 Å². The molecule has 0 spiro atoms. The van der Waals surface area contributed by atoms with Crippen LogP contribution in [0.3, 0.4) is 0 Å². The molecular weight excluding hydrogens is 386 g/mol. The molecule has 2 amide bonds. The molecular formula is C26H29N3O2. The van der Waals surface area contributed by atoms with Gasteiger partial charge in [-0.3, -0.25) is 9.59 Å². The van der Waals surface area contributed by atoms with Crippen LogP contribution in [-0.4, -0.2) is 30.3 Å². The van der Waals surface area contributed by atoms with E-state index in [-0.39, 0.29) is 18.4 Å². The van der Waals surface area contributed by atoms with Crippen LogP contribution >= 0.6 is 0 Å². The van der Waals surface area contributed by atoms with Crippen LogP contribution in [0.2, 0.25) is 0 Å². The van der Waals surface area contributed by atoms with Gasteiger partial charge >= 0.3 is 0 Å². The van der Waals surface area contributed by atoms with E-state index in [1.54, 1.807) is 24.1 Å². The number of carbonyl (C=O) groups is 2. The molecule has 5 nitrogen and oxygen atoms in total. The van der Waals surface area contributed by atoms with Crippen molar-refractivity contribution in [3.63, 3.8) is 0 Å². The van der Waals surface area contributed by atoms with Crippen LogP contribution in [0, 0.1) is 6.92 Å². The minimum atomic E-state index is -0.123. The van der Waals surface area contributed by atoms with Gasteiger partial charge in [0, 0.05) is 30.5 Å². The van der Waals surface area contributed by atoms with Crippen molar-refractivity contribution in [3.05, 3.63) is 95.1 Å². The second kappa shape index (κ2) is 10.4. The molecule has 0 aliphatic rings. The average molecular weight is 416 g/mol. The van der Waals surface area contributed by atoms with Crippen molar-refractivity contribution in [2.75, 3.05) is 24.2 Å². The van der Waals surface area contributed by atoms with Gasteiger partial charge in [0.2, 0.25) is 5.91 Å². The first kappa shape index (κ1) is 22.1. The van der Waals surface area contributed by atoms with Gasteiger partial charge in [-0.2, -0.15) is 0 Å². The van der Waals surface area contributed by atoms with Crippen molar-refractivity contribution < 1.29 is 9.59 Å². The third-order valence-electron chi connectivity index (χ3n) is 5.18. The molecule has 0 radical (unpaired) electrons. The molecule has 0 saturated heterocycles. The molecule has 0 atom stereocenters. The lowest BCUT2D eigenvalue weighted by Crippen LogP contribution is -2.26. The fourth-order valence-corrected chi connectivity index (χ4v) is 3.48. The molecule has 0 bridgehead atoms. The lowest BCUT2D eigenvalue weighted by molar-refractivity contribution is -0.114. The molecule has 0 fully saturated rings. The van der Waals surface area contributed by atoms with E-state index < -0.39 is 0 Å². The summed E-state index contributed by atoms with van der Waals surface area (Å²) >= 11 is 0. The highest BCUT2D eigenvalue weighted by molar-refractivity contribution is 5.96. The number of nitrogens with zero attached hydrogens (tertiary/aromatic N) is 1. The number of hydrogen-bond acceptors (Lipinski definition) is 3. The number of benzene rings is 3. The number of aryl methyl sites for hydroxylation is 2. The van der Waals surface area contributed by atoms with Gasteiger partial charge in [-0.15, -0.1) is 0 Å². The van der Waals surface area contributed by atoms with Crippen LogP contribution in [0.15, 0.2) is 72.8 Å². The van der Waals surface area contributed by atoms with E-state index in [4.69, 9.17) is 0 Å². The number of carbonyl (C=O) groups excluding carboxylic acids is 2. The molecule has 3 rings (SSSR count). The molecule has 31 heavy (non-hydrogen) atoms. The summed E-state index contributed by atoms with van der Waals surface area (Å²) in [6.07, 6.45) is 0.853. The lowest BCUT2D eigenvalue weighted by atomic mass is 10.1. The van der Waals surface area contributed by atoms with Gasteiger partial charge < -0.3 is 15.5 Å². The Bertz CT molecular complexity index is 1050. The molecule has 5 heteroatoms. The predicted molar refractivity (Wildman–Crippen MR) is 126 cm³/mol. The molecule has 3 aromatic rings. The zero-order valence-corrected chi connectivity index (χ0v) is 18.3. The minimum absolute atomic E-state index is 0.0653. The standard InChI is InChI=1S/C26H29N3O2/c1-4-21-13-8-10-19(2)25(21)28-24(30)17-27-23-15-9-14-22(16-23)26(31)29(3)18-20-11-6-5-7-12-20/h5-16,27H,4,17-18H2,1-3H3,(H,28,30). The Kier molecular flexibility index (Phi) is 7.44. The first-order chi connectivity index (χ1) is 15.0. The average Bonchev–Trinajstić information content (AvgIpc) is 2.79. The van der Waals surface area contributed by atoms with E-state index in [0.717, 1.165) is 34.5 Å². The van der Waals surface area contributed by atoms with Crippen LogP contribution < -0.4 is 10.6 Å². The molecule has 0 unspecified atom stereocenters. The smallest absolute Gasteiger partial charge is 0.253 e. The maximum Gasteiger partial charge on any atom is 0.253 e. The first-order valence-electron chi connectivity index (χ1n) is 10.5. The SMILES string of the molecule is CCc1cccc(C)c1NC(=O)CNc1cccc(C(=O)N(C)Cc2ccccc2)c1. The highest BCUT2D eigenvalue weighted by atomic mass is 16.2. The van der Waals surface area contributed by atoms with Crippen molar-refractivity contribution in [3.8, 4) is 0 Å². The summed E-state index contributed by atoms with van der Waals surface area (Å²) in [5, 5.41) is 6.13. The summed E-state index contributed by atoms with van der Waals surface area (Å²) in [5.74, 6) is -0.189. The van der Waals surface area contributed by atoms with Crippen LogP contribution in [0.25, 0.3) is 0 Å². The van der Waals surface area contributed by atoms with E-state index in [0.29, 0.717) is 12.1 Å². The normalized spacial score (nSPS) is 10.4. The third-order valence-corrected chi connectivity index (χ3v) is 5.18. The molecule has 3 aromatic carbocycles. The zero-order valence-electron chi connectivity index (χ0n) is 18.3. The number of amides is 2. The first-order valence-corrected chi connectivity index (χ1v) is 10.5. The molecule has 0 aliphatic carbocycles. The van der Waals surface area contributed by atoms with Crippen LogP contribution in [-0.2, 0) is 17.8 Å². The van der Waals surface area contributed by atoms with Gasteiger partial charge in [-0.05, 0) is 48.2 Å². The topological polar surface area (TPSA) is 61.4 Å². The van der Waals surface area contributed by atoms with Crippen molar-refractivity contribution >= 4 is 23.2 Å². The van der Waals surface area contributed by atoms with Crippen LogP contribution in [0.5, 0.6) is 0 Å². The molecule has 0 saturated carbocycles. The van der Waals surface area contributed by atoms with Crippen molar-refractivity contribution in [1.29, 1.82) is 0 Å². The molecule has 160 valence electrons. The van der Waals surface area contributed by atoms with Gasteiger partial charge in [-0.25, -0.2) is 0 Å². The lowest BCUT2D eigenvalue weighted by Gasteiger charge is -2.18. The summed E-state index contributed by atoms with van der Waals surface area (Å²) < 4.78 is 0. The third kappa shape index (κ3) is 5.95. The summed E-state index contributed by atoms with van der Waals surface area (Å²) in [6, 6.07) is 23.1. The predicted octanol–water partition coefficient (Wildman–Crippen LogP) is 4.88. The molecule has 0 heterocycles. The van der Waals surface area contributed by atoms with E-state index in [1.165, 1.54) is 0 Å². The highest BCUT2D eigenvalue weighted by Gasteiger charge is 2.13. The maximum absolute atomic E-state index is 12.8. The van der Waals surface area contributed by atoms with E-state index in [1.807, 2.05) is 67.6 Å². The Labute approximate surface area is 184 Å². The fourth-order valence-electron chi connectivity index (χ4n) is 3.48. The molecule has 2 N–H and O–H groups in total. The number of hydrogen-bond donors (Lipinski definition) is 2. The van der Waals surface area contributed by atoms with E-state index in [2.05, 4.69) is 17.6 Å². The number of nitrogens with one attached hydrogen (secondary N) is 2. The second-order valence-corrected chi connectivity index (χ2v) is 7.59. The Morgan fingerprint density at radius 1 is 0.935 bits per heavy atom. The Hall–Kier alpha value is -3.60. The summed E-state index contributed by atoms with van der Waals surface area (Å²) in [4.78, 5) is 27.0. The fraction of sp³-hybridized carbons (Fsp3) is 0.231. The maximum atomic E-state index is 12.8. The summed E-state index contributed by atoms with van der Waals surface area (Å²) in [5.41, 5.74) is 5.42. The monoisotopic (exact) mass is 415 g/mol. The number of rotatable bonds is 8.